The molecule has 1 aromatic carbocycles. The van der Waals surface area contributed by atoms with Crippen LogP contribution in [0.4, 0.5) is 0 Å². The van der Waals surface area contributed by atoms with E-state index in [9.17, 15) is 5.11 Å². The molecule has 1 heterocycles. The lowest BCUT2D eigenvalue weighted by atomic mass is 10.2. The maximum atomic E-state index is 9.63. The van der Waals surface area contributed by atoms with Crippen LogP contribution in [0.3, 0.4) is 0 Å². The summed E-state index contributed by atoms with van der Waals surface area (Å²) in [4.78, 5) is 0. The predicted octanol–water partition coefficient (Wildman–Crippen LogP) is 1.54. The number of fused-ring (bicyclic) bond motifs is 1. The van der Waals surface area contributed by atoms with Crippen LogP contribution in [0.1, 0.15) is 0 Å². The van der Waals surface area contributed by atoms with Crippen LogP contribution in [0.25, 0.3) is 10.9 Å². The van der Waals surface area contributed by atoms with Crippen molar-refractivity contribution in [3.05, 3.63) is 30.3 Å². The van der Waals surface area contributed by atoms with Crippen molar-refractivity contribution in [3.63, 3.8) is 0 Å². The van der Waals surface area contributed by atoms with Gasteiger partial charge in [-0.2, -0.15) is 0 Å². The summed E-state index contributed by atoms with van der Waals surface area (Å²) in [7, 11) is 3.79. The Labute approximate surface area is 76.8 Å². The molecule has 1 aromatic heterocycles. The maximum absolute atomic E-state index is 9.63. The summed E-state index contributed by atoms with van der Waals surface area (Å²) in [6.45, 7) is 0. The van der Waals surface area contributed by atoms with E-state index < -0.39 is 0 Å². The van der Waals surface area contributed by atoms with Gasteiger partial charge in [0.05, 0.1) is 5.52 Å². The molecular weight excluding hydrogens is 164 g/mol. The molecule has 0 spiro atoms. The van der Waals surface area contributed by atoms with E-state index in [2.05, 4.69) is 0 Å². The lowest BCUT2D eigenvalue weighted by molar-refractivity contribution is 0.424. The van der Waals surface area contributed by atoms with Crippen LogP contribution in [-0.4, -0.2) is 23.9 Å². The van der Waals surface area contributed by atoms with Gasteiger partial charge < -0.3 is 10.1 Å². The number of nitrogens with zero attached hydrogens (tertiary/aromatic N) is 2. The first-order valence-corrected chi connectivity index (χ1v) is 4.17. The van der Waals surface area contributed by atoms with Gasteiger partial charge in [-0.1, -0.05) is 18.2 Å². The van der Waals surface area contributed by atoms with Crippen LogP contribution < -0.4 is 5.01 Å². The van der Waals surface area contributed by atoms with Gasteiger partial charge in [-0.05, 0) is 6.07 Å². The van der Waals surface area contributed by atoms with Crippen molar-refractivity contribution in [2.45, 2.75) is 0 Å². The van der Waals surface area contributed by atoms with Gasteiger partial charge in [-0.15, -0.1) is 0 Å². The molecule has 2 aromatic rings. The number of hydrogen-bond acceptors (Lipinski definition) is 2. The predicted molar refractivity (Wildman–Crippen MR) is 53.7 cm³/mol. The van der Waals surface area contributed by atoms with Crippen molar-refractivity contribution in [2.24, 2.45) is 0 Å². The Morgan fingerprint density at radius 3 is 2.62 bits per heavy atom. The van der Waals surface area contributed by atoms with Crippen LogP contribution in [0.15, 0.2) is 30.3 Å². The molecule has 0 amide bonds. The molecule has 3 nitrogen and oxygen atoms in total. The minimum absolute atomic E-state index is 0.270. The molecule has 0 aliphatic rings. The average Bonchev–Trinajstić information content (AvgIpc) is 2.39. The van der Waals surface area contributed by atoms with Crippen LogP contribution >= 0.6 is 0 Å². The second-order valence-corrected chi connectivity index (χ2v) is 3.22. The average molecular weight is 176 g/mol. The Kier molecular flexibility index (Phi) is 1.65. The quantitative estimate of drug-likeness (QED) is 0.714. The largest absolute Gasteiger partial charge is 0.493 e. The molecule has 13 heavy (non-hydrogen) atoms. The molecule has 0 saturated heterocycles. The van der Waals surface area contributed by atoms with Gasteiger partial charge in [0.2, 0.25) is 5.88 Å². The SMILES string of the molecule is CN(C)n1c(O)cc2ccccc21. The molecule has 0 aliphatic heterocycles. The molecule has 68 valence electrons. The lowest BCUT2D eigenvalue weighted by Gasteiger charge is -2.16. The summed E-state index contributed by atoms with van der Waals surface area (Å²) in [5, 5.41) is 12.5. The van der Waals surface area contributed by atoms with Crippen molar-refractivity contribution < 1.29 is 5.11 Å². The zero-order valence-corrected chi connectivity index (χ0v) is 7.73. The molecular formula is C10H12N2O. The van der Waals surface area contributed by atoms with E-state index in [1.807, 2.05) is 43.4 Å². The van der Waals surface area contributed by atoms with Crippen LogP contribution in [0.5, 0.6) is 5.88 Å². The molecule has 0 atom stereocenters. The van der Waals surface area contributed by atoms with Gasteiger partial charge in [0.25, 0.3) is 0 Å². The molecule has 0 bridgehead atoms. The third-order valence-electron chi connectivity index (χ3n) is 2.07. The summed E-state index contributed by atoms with van der Waals surface area (Å²) < 4.78 is 1.76. The number of benzene rings is 1. The number of hydrogen-bond donors (Lipinski definition) is 1. The van der Waals surface area contributed by atoms with E-state index in [4.69, 9.17) is 0 Å². The van der Waals surface area contributed by atoms with Crippen molar-refractivity contribution in [1.29, 1.82) is 0 Å². The maximum Gasteiger partial charge on any atom is 0.211 e. The first kappa shape index (κ1) is 7.98. The van der Waals surface area contributed by atoms with Crippen molar-refractivity contribution >= 4 is 10.9 Å². The number of rotatable bonds is 1. The van der Waals surface area contributed by atoms with Gasteiger partial charge in [0.15, 0.2) is 0 Å². The third-order valence-corrected chi connectivity index (χ3v) is 2.07. The Morgan fingerprint density at radius 2 is 1.92 bits per heavy atom. The number of aromatic nitrogens is 1. The van der Waals surface area contributed by atoms with Crippen molar-refractivity contribution in [1.82, 2.24) is 4.68 Å². The van der Waals surface area contributed by atoms with Gasteiger partial charge in [0.1, 0.15) is 0 Å². The first-order valence-electron chi connectivity index (χ1n) is 4.17. The molecule has 0 aliphatic carbocycles. The molecule has 0 radical (unpaired) electrons. The standard InChI is InChI=1S/C10H12N2O/c1-11(2)12-9-6-4-3-5-8(9)7-10(12)13/h3-7,13H,1-2H3. The van der Waals surface area contributed by atoms with E-state index in [1.54, 1.807) is 10.7 Å². The smallest absolute Gasteiger partial charge is 0.211 e. The first-order chi connectivity index (χ1) is 6.20. The van der Waals surface area contributed by atoms with Crippen LogP contribution in [0, 0.1) is 0 Å². The minimum atomic E-state index is 0.270. The van der Waals surface area contributed by atoms with Crippen molar-refractivity contribution in [3.8, 4) is 5.88 Å². The molecule has 3 heteroatoms. The monoisotopic (exact) mass is 176 g/mol. The molecule has 2 rings (SSSR count). The Hall–Kier alpha value is -1.64. The second-order valence-electron chi connectivity index (χ2n) is 3.22. The van der Waals surface area contributed by atoms with E-state index in [0.29, 0.717) is 0 Å². The highest BCUT2D eigenvalue weighted by atomic mass is 16.3. The summed E-state index contributed by atoms with van der Waals surface area (Å²) >= 11 is 0. The van der Waals surface area contributed by atoms with Gasteiger partial charge in [-0.25, -0.2) is 4.68 Å². The highest BCUT2D eigenvalue weighted by Crippen LogP contribution is 2.23. The normalized spacial score (nSPS) is 10.6. The fourth-order valence-electron chi connectivity index (χ4n) is 1.55. The number of aromatic hydroxyl groups is 1. The summed E-state index contributed by atoms with van der Waals surface area (Å²) in [6, 6.07) is 9.64. The molecule has 0 saturated carbocycles. The zero-order valence-electron chi connectivity index (χ0n) is 7.73. The molecule has 1 N–H and O–H groups in total. The topological polar surface area (TPSA) is 28.4 Å². The van der Waals surface area contributed by atoms with Gasteiger partial charge in [-0.3, -0.25) is 0 Å². The van der Waals surface area contributed by atoms with Crippen LogP contribution in [-0.2, 0) is 0 Å². The Bertz CT molecular complexity index is 431. The zero-order chi connectivity index (χ0) is 9.42. The van der Waals surface area contributed by atoms with E-state index in [0.717, 1.165) is 10.9 Å². The fourth-order valence-corrected chi connectivity index (χ4v) is 1.55. The molecule has 0 unspecified atom stereocenters. The highest BCUT2D eigenvalue weighted by Gasteiger charge is 2.07. The third kappa shape index (κ3) is 1.13. The van der Waals surface area contributed by atoms with E-state index in [-0.39, 0.29) is 5.88 Å². The second kappa shape index (κ2) is 2.69. The van der Waals surface area contributed by atoms with E-state index in [1.165, 1.54) is 0 Å². The van der Waals surface area contributed by atoms with Gasteiger partial charge in [0, 0.05) is 25.5 Å². The highest BCUT2D eigenvalue weighted by molar-refractivity contribution is 5.82. The Morgan fingerprint density at radius 1 is 1.23 bits per heavy atom. The van der Waals surface area contributed by atoms with Gasteiger partial charge >= 0.3 is 0 Å². The summed E-state index contributed by atoms with van der Waals surface area (Å²) in [6.07, 6.45) is 0. The Balaban J connectivity index is 2.78. The summed E-state index contributed by atoms with van der Waals surface area (Å²) in [5.41, 5.74) is 1.02. The van der Waals surface area contributed by atoms with Crippen molar-refractivity contribution in [2.75, 3.05) is 19.1 Å². The minimum Gasteiger partial charge on any atom is -0.493 e. The number of para-hydroxylation sites is 1. The summed E-state index contributed by atoms with van der Waals surface area (Å²) in [5.74, 6) is 0.270. The molecule has 0 fully saturated rings. The fraction of sp³-hybridized carbons (Fsp3) is 0.200. The van der Waals surface area contributed by atoms with Crippen LogP contribution in [0.2, 0.25) is 0 Å². The van der Waals surface area contributed by atoms with E-state index >= 15 is 0 Å². The lowest BCUT2D eigenvalue weighted by Crippen LogP contribution is -2.23.